The van der Waals surface area contributed by atoms with Crippen molar-refractivity contribution >= 4 is 44.0 Å². The normalized spacial score (nSPS) is 11.9. The molecule has 0 saturated carbocycles. The number of halogens is 2. The Bertz CT molecular complexity index is 689. The number of benzene rings is 2. The molecule has 3 N–H and O–H groups in total. The van der Waals surface area contributed by atoms with Gasteiger partial charge < -0.3 is 11.1 Å². The molecule has 0 heterocycles. The maximum absolute atomic E-state index is 13.2. The van der Waals surface area contributed by atoms with E-state index in [1.165, 1.54) is 6.07 Å². The van der Waals surface area contributed by atoms with Crippen molar-refractivity contribution in [3.8, 4) is 0 Å². The van der Waals surface area contributed by atoms with Gasteiger partial charge in [0, 0.05) is 15.1 Å². The fraction of sp³-hybridized carbons (Fsp3) is 0.0714. The Morgan fingerprint density at radius 1 is 1.29 bits per heavy atom. The van der Waals surface area contributed by atoms with Crippen LogP contribution in [0.1, 0.15) is 0 Å². The van der Waals surface area contributed by atoms with E-state index in [0.717, 1.165) is 16.6 Å². The topological polar surface area (TPSA) is 72.2 Å². The molecular formula is C14H12BrFN2O2S. The van der Waals surface area contributed by atoms with Crippen molar-refractivity contribution in [2.24, 2.45) is 0 Å². The average Bonchev–Trinajstić information content (AvgIpc) is 2.40. The Hall–Kier alpha value is -1.73. The second kappa shape index (κ2) is 6.82. The van der Waals surface area contributed by atoms with E-state index in [-0.39, 0.29) is 16.3 Å². The summed E-state index contributed by atoms with van der Waals surface area (Å²) in [6, 6.07) is 10.7. The van der Waals surface area contributed by atoms with Gasteiger partial charge in [0.15, 0.2) is 0 Å². The van der Waals surface area contributed by atoms with Crippen molar-refractivity contribution in [2.75, 3.05) is 16.8 Å². The van der Waals surface area contributed by atoms with E-state index >= 15 is 0 Å². The second-order valence-electron chi connectivity index (χ2n) is 4.24. The highest BCUT2D eigenvalue weighted by atomic mass is 79.9. The Morgan fingerprint density at radius 2 is 2.00 bits per heavy atom. The number of carbonyl (C=O) groups excluding carboxylic acids is 1. The number of hydrogen-bond donors (Lipinski definition) is 2. The molecule has 0 aliphatic carbocycles. The van der Waals surface area contributed by atoms with Crippen molar-refractivity contribution in [1.82, 2.24) is 0 Å². The summed E-state index contributed by atoms with van der Waals surface area (Å²) in [7, 11) is -1.66. The highest BCUT2D eigenvalue weighted by Crippen LogP contribution is 2.21. The van der Waals surface area contributed by atoms with E-state index in [0.29, 0.717) is 5.69 Å². The van der Waals surface area contributed by atoms with Crippen molar-refractivity contribution in [3.63, 3.8) is 0 Å². The van der Waals surface area contributed by atoms with Gasteiger partial charge in [-0.25, -0.2) is 4.39 Å². The van der Waals surface area contributed by atoms with Crippen molar-refractivity contribution in [2.45, 2.75) is 4.90 Å². The van der Waals surface area contributed by atoms with Crippen LogP contribution in [0, 0.1) is 5.82 Å². The maximum Gasteiger partial charge on any atom is 0.237 e. The molecule has 0 radical (unpaired) electrons. The van der Waals surface area contributed by atoms with Crippen molar-refractivity contribution < 1.29 is 13.4 Å². The molecule has 2 rings (SSSR count). The molecule has 0 aliphatic rings. The van der Waals surface area contributed by atoms with E-state index in [1.54, 1.807) is 18.2 Å². The van der Waals surface area contributed by atoms with Gasteiger partial charge in [-0.05, 0) is 46.3 Å². The molecule has 1 atom stereocenters. The summed E-state index contributed by atoms with van der Waals surface area (Å²) in [5.41, 5.74) is 6.24. The fourth-order valence-corrected chi connectivity index (χ4v) is 3.04. The number of nitrogen functional groups attached to an aromatic ring is 1. The van der Waals surface area contributed by atoms with Crippen LogP contribution in [0.5, 0.6) is 0 Å². The zero-order valence-electron chi connectivity index (χ0n) is 10.8. The molecule has 2 aromatic rings. The number of carbonyl (C=O) groups is 1. The number of hydrogen-bond acceptors (Lipinski definition) is 3. The van der Waals surface area contributed by atoms with E-state index in [1.807, 2.05) is 6.07 Å². The Labute approximate surface area is 132 Å². The zero-order valence-corrected chi connectivity index (χ0v) is 13.2. The molecule has 0 aromatic heterocycles. The predicted octanol–water partition coefficient (Wildman–Crippen LogP) is 2.92. The lowest BCUT2D eigenvalue weighted by molar-refractivity contribution is -0.113. The second-order valence-corrected chi connectivity index (χ2v) is 6.54. The van der Waals surface area contributed by atoms with Crippen LogP contribution < -0.4 is 11.1 Å². The van der Waals surface area contributed by atoms with Crippen LogP contribution in [0.4, 0.5) is 15.8 Å². The first-order valence-electron chi connectivity index (χ1n) is 5.94. The summed E-state index contributed by atoms with van der Waals surface area (Å²) >= 11 is 3.30. The highest BCUT2D eigenvalue weighted by Gasteiger charge is 2.13. The summed E-state index contributed by atoms with van der Waals surface area (Å²) in [6.07, 6.45) is 0. The smallest absolute Gasteiger partial charge is 0.237 e. The van der Waals surface area contributed by atoms with E-state index < -0.39 is 22.5 Å². The van der Waals surface area contributed by atoms with Gasteiger partial charge in [0.2, 0.25) is 5.91 Å². The molecule has 0 fully saturated rings. The Morgan fingerprint density at radius 3 is 2.67 bits per heavy atom. The van der Waals surface area contributed by atoms with Crippen LogP contribution in [0.2, 0.25) is 0 Å². The van der Waals surface area contributed by atoms with Gasteiger partial charge in [0.25, 0.3) is 0 Å². The zero-order chi connectivity index (χ0) is 15.4. The quantitative estimate of drug-likeness (QED) is 0.812. The lowest BCUT2D eigenvalue weighted by atomic mass is 10.3. The lowest BCUT2D eigenvalue weighted by Gasteiger charge is -2.07. The first-order valence-corrected chi connectivity index (χ1v) is 8.06. The van der Waals surface area contributed by atoms with Crippen molar-refractivity contribution in [3.05, 3.63) is 52.8 Å². The van der Waals surface area contributed by atoms with Gasteiger partial charge in [-0.1, -0.05) is 12.1 Å². The molecule has 0 bridgehead atoms. The van der Waals surface area contributed by atoms with Crippen LogP contribution in [-0.2, 0) is 15.6 Å². The Balaban J connectivity index is 2.06. The molecule has 21 heavy (non-hydrogen) atoms. The summed E-state index contributed by atoms with van der Waals surface area (Å²) < 4.78 is 26.0. The van der Waals surface area contributed by atoms with Gasteiger partial charge in [0.1, 0.15) is 11.6 Å². The number of nitrogens with two attached hydrogens (primary N) is 1. The highest BCUT2D eigenvalue weighted by molar-refractivity contribution is 9.10. The lowest BCUT2D eigenvalue weighted by Crippen LogP contribution is -2.19. The number of nitrogens with one attached hydrogen (secondary N) is 1. The molecule has 0 saturated heterocycles. The summed E-state index contributed by atoms with van der Waals surface area (Å²) in [5, 5.41) is 2.64. The minimum absolute atomic E-state index is 0.171. The van der Waals surface area contributed by atoms with E-state index in [9.17, 15) is 13.4 Å². The average molecular weight is 371 g/mol. The van der Waals surface area contributed by atoms with Crippen molar-refractivity contribution in [1.29, 1.82) is 0 Å². The van der Waals surface area contributed by atoms with Gasteiger partial charge in [-0.3, -0.25) is 9.00 Å². The van der Waals surface area contributed by atoms with Crippen LogP contribution in [0.15, 0.2) is 51.8 Å². The first-order chi connectivity index (χ1) is 9.95. The molecule has 0 spiro atoms. The molecular weight excluding hydrogens is 359 g/mol. The monoisotopic (exact) mass is 370 g/mol. The molecule has 0 aliphatic heterocycles. The van der Waals surface area contributed by atoms with Gasteiger partial charge >= 0.3 is 0 Å². The third-order valence-electron chi connectivity index (χ3n) is 2.57. The van der Waals surface area contributed by atoms with Crippen LogP contribution in [-0.4, -0.2) is 15.9 Å². The molecule has 1 amide bonds. The third-order valence-corrected chi connectivity index (χ3v) is 4.54. The number of rotatable bonds is 4. The Kier molecular flexibility index (Phi) is 5.08. The maximum atomic E-state index is 13.2. The SMILES string of the molecule is Nc1cc(F)cc(S(=O)CC(=O)Nc2ccccc2Br)c1. The summed E-state index contributed by atoms with van der Waals surface area (Å²) in [4.78, 5) is 12.1. The van der Waals surface area contributed by atoms with E-state index in [2.05, 4.69) is 21.2 Å². The molecule has 1 unspecified atom stereocenters. The van der Waals surface area contributed by atoms with Crippen LogP contribution >= 0.6 is 15.9 Å². The largest absolute Gasteiger partial charge is 0.399 e. The van der Waals surface area contributed by atoms with E-state index in [4.69, 9.17) is 5.73 Å². The van der Waals surface area contributed by atoms with Gasteiger partial charge in [-0.2, -0.15) is 0 Å². The van der Waals surface area contributed by atoms with Gasteiger partial charge in [-0.15, -0.1) is 0 Å². The molecule has 2 aromatic carbocycles. The minimum Gasteiger partial charge on any atom is -0.399 e. The number of amides is 1. The molecule has 7 heteroatoms. The first kappa shape index (κ1) is 15.7. The van der Waals surface area contributed by atoms with Crippen LogP contribution in [0.25, 0.3) is 0 Å². The van der Waals surface area contributed by atoms with Crippen LogP contribution in [0.3, 0.4) is 0 Å². The molecule has 4 nitrogen and oxygen atoms in total. The molecule has 110 valence electrons. The third kappa shape index (κ3) is 4.37. The fourth-order valence-electron chi connectivity index (χ4n) is 1.67. The minimum atomic E-state index is -1.66. The standard InChI is InChI=1S/C14H12BrFN2O2S/c15-12-3-1-2-4-13(12)18-14(19)8-21(20)11-6-9(16)5-10(17)7-11/h1-7H,8,17H2,(H,18,19). The van der Waals surface area contributed by atoms with Gasteiger partial charge in [0.05, 0.1) is 16.5 Å². The summed E-state index contributed by atoms with van der Waals surface area (Å²) in [5.74, 6) is -1.28. The predicted molar refractivity (Wildman–Crippen MR) is 84.9 cm³/mol. The summed E-state index contributed by atoms with van der Waals surface area (Å²) in [6.45, 7) is 0. The number of anilines is 2. The number of para-hydroxylation sites is 1.